The van der Waals surface area contributed by atoms with Crippen molar-refractivity contribution < 1.29 is 14.3 Å². The number of aromatic nitrogens is 2. The van der Waals surface area contributed by atoms with Crippen molar-refractivity contribution in [1.82, 2.24) is 20.8 Å². The lowest BCUT2D eigenvalue weighted by molar-refractivity contribution is -0.139. The number of hydrogen-bond donors (Lipinski definition) is 2. The summed E-state index contributed by atoms with van der Waals surface area (Å²) in [5, 5.41) is 13.7. The summed E-state index contributed by atoms with van der Waals surface area (Å²) >= 11 is 4.60. The van der Waals surface area contributed by atoms with Crippen molar-refractivity contribution in [2.45, 2.75) is 41.9 Å². The van der Waals surface area contributed by atoms with Crippen LogP contribution in [0.3, 0.4) is 0 Å². The maximum atomic E-state index is 12.3. The van der Waals surface area contributed by atoms with Crippen LogP contribution >= 0.6 is 34.9 Å². The van der Waals surface area contributed by atoms with Gasteiger partial charge in [-0.05, 0) is 19.1 Å². The van der Waals surface area contributed by atoms with E-state index in [4.69, 9.17) is 4.74 Å². The van der Waals surface area contributed by atoms with Crippen molar-refractivity contribution in [3.8, 4) is 0 Å². The molecular formula is C14H20N4O3S3. The van der Waals surface area contributed by atoms with Gasteiger partial charge in [0.15, 0.2) is 8.68 Å². The van der Waals surface area contributed by atoms with Gasteiger partial charge in [0, 0.05) is 11.4 Å². The molecule has 2 heterocycles. The minimum absolute atomic E-state index is 0.293. The molecule has 1 aliphatic rings. The van der Waals surface area contributed by atoms with Crippen LogP contribution in [0.15, 0.2) is 19.9 Å². The first-order chi connectivity index (χ1) is 11.6. The lowest BCUT2D eigenvalue weighted by atomic mass is 10.0. The molecule has 0 spiro atoms. The largest absolute Gasteiger partial charge is 0.463 e. The smallest absolute Gasteiger partial charge is 0.337 e. The summed E-state index contributed by atoms with van der Waals surface area (Å²) in [6.45, 7) is 6.03. The fourth-order valence-corrected chi connectivity index (χ4v) is 5.03. The molecule has 0 fully saturated rings. The number of urea groups is 1. The molecule has 24 heavy (non-hydrogen) atoms. The molecule has 0 saturated carbocycles. The van der Waals surface area contributed by atoms with Gasteiger partial charge in [-0.2, -0.15) is 0 Å². The van der Waals surface area contributed by atoms with E-state index in [0.29, 0.717) is 30.1 Å². The first-order valence-electron chi connectivity index (χ1n) is 7.65. The van der Waals surface area contributed by atoms with Crippen LogP contribution in [0, 0.1) is 0 Å². The molecule has 0 aromatic carbocycles. The molecule has 2 N–H and O–H groups in total. The van der Waals surface area contributed by atoms with Crippen LogP contribution in [0.1, 0.15) is 27.2 Å². The molecule has 0 unspecified atom stereocenters. The summed E-state index contributed by atoms with van der Waals surface area (Å²) in [5.74, 6) is 0.980. The van der Waals surface area contributed by atoms with Crippen molar-refractivity contribution in [3.63, 3.8) is 0 Å². The van der Waals surface area contributed by atoms with E-state index < -0.39 is 5.97 Å². The second kappa shape index (κ2) is 9.28. The molecule has 0 saturated heterocycles. The zero-order chi connectivity index (χ0) is 17.5. The molecule has 2 rings (SSSR count). The highest BCUT2D eigenvalue weighted by Crippen LogP contribution is 2.30. The summed E-state index contributed by atoms with van der Waals surface area (Å²) in [4.78, 5) is 24.1. The van der Waals surface area contributed by atoms with Crippen LogP contribution in [0.2, 0.25) is 0 Å². The van der Waals surface area contributed by atoms with E-state index in [1.165, 1.54) is 23.1 Å². The van der Waals surface area contributed by atoms with Crippen molar-refractivity contribution in [1.29, 1.82) is 0 Å². The van der Waals surface area contributed by atoms with Gasteiger partial charge in [-0.3, -0.25) is 0 Å². The number of carbonyl (C=O) groups excluding carboxylic acids is 2. The van der Waals surface area contributed by atoms with Crippen molar-refractivity contribution in [2.75, 3.05) is 18.1 Å². The van der Waals surface area contributed by atoms with Crippen LogP contribution in [-0.2, 0) is 9.53 Å². The van der Waals surface area contributed by atoms with E-state index in [1.54, 1.807) is 18.7 Å². The Bertz CT molecular complexity index is 633. The molecule has 1 aromatic rings. The lowest BCUT2D eigenvalue weighted by Crippen LogP contribution is -2.50. The third kappa shape index (κ3) is 4.87. The Labute approximate surface area is 153 Å². The van der Waals surface area contributed by atoms with Crippen LogP contribution in [0.4, 0.5) is 4.79 Å². The molecule has 0 bridgehead atoms. The summed E-state index contributed by atoms with van der Waals surface area (Å²) < 4.78 is 6.87. The highest BCUT2D eigenvalue weighted by Gasteiger charge is 2.31. The number of thioether (sulfide) groups is 2. The minimum Gasteiger partial charge on any atom is -0.463 e. The van der Waals surface area contributed by atoms with E-state index >= 15 is 0 Å². The Balaban J connectivity index is 2.16. The monoisotopic (exact) mass is 388 g/mol. The molecule has 2 amide bonds. The van der Waals surface area contributed by atoms with Gasteiger partial charge in [-0.15, -0.1) is 10.2 Å². The van der Waals surface area contributed by atoms with Crippen molar-refractivity contribution >= 4 is 46.9 Å². The van der Waals surface area contributed by atoms with Gasteiger partial charge in [0.05, 0.1) is 18.2 Å². The van der Waals surface area contributed by atoms with E-state index in [2.05, 4.69) is 27.8 Å². The lowest BCUT2D eigenvalue weighted by Gasteiger charge is -2.28. The summed E-state index contributed by atoms with van der Waals surface area (Å²) in [5.41, 5.74) is 1.06. The van der Waals surface area contributed by atoms with Gasteiger partial charge in [0.25, 0.3) is 0 Å². The predicted molar refractivity (Wildman–Crippen MR) is 96.4 cm³/mol. The Morgan fingerprint density at radius 1 is 1.25 bits per heavy atom. The fourth-order valence-electron chi connectivity index (χ4n) is 2.15. The Morgan fingerprint density at radius 3 is 2.58 bits per heavy atom. The van der Waals surface area contributed by atoms with Gasteiger partial charge in [0.1, 0.15) is 0 Å². The second-order valence-corrected chi connectivity index (χ2v) is 8.44. The second-order valence-electron chi connectivity index (χ2n) is 4.73. The number of carbonyl (C=O) groups is 2. The van der Waals surface area contributed by atoms with Crippen molar-refractivity contribution in [2.24, 2.45) is 0 Å². The Morgan fingerprint density at radius 2 is 1.96 bits per heavy atom. The standard InChI is InChI=1S/C14H20N4O3S3/c1-4-8-10(11(19)21-5-2)9(16-12(20)15-8)7-23-14-18-17-13(24-14)22-6-3/h8H,4-7H2,1-3H3,(H2,15,16,20)/t8-/m0/s1. The Hall–Kier alpha value is -1.26. The van der Waals surface area contributed by atoms with Crippen LogP contribution in [-0.4, -0.2) is 46.4 Å². The zero-order valence-electron chi connectivity index (χ0n) is 13.7. The molecule has 0 aliphatic carbocycles. The fraction of sp³-hybridized carbons (Fsp3) is 0.571. The number of esters is 1. The predicted octanol–water partition coefficient (Wildman–Crippen LogP) is 2.65. The van der Waals surface area contributed by atoms with E-state index in [-0.39, 0.29) is 12.1 Å². The number of nitrogens with one attached hydrogen (secondary N) is 2. The normalized spacial score (nSPS) is 17.5. The first-order valence-corrected chi connectivity index (χ1v) is 10.4. The third-order valence-electron chi connectivity index (χ3n) is 3.14. The van der Waals surface area contributed by atoms with E-state index in [9.17, 15) is 9.59 Å². The van der Waals surface area contributed by atoms with Crippen LogP contribution in [0.25, 0.3) is 0 Å². The average molecular weight is 389 g/mol. The third-order valence-corrected chi connectivity index (χ3v) is 6.24. The molecule has 132 valence electrons. The minimum atomic E-state index is -0.396. The van der Waals surface area contributed by atoms with Gasteiger partial charge in [-0.25, -0.2) is 9.59 Å². The molecule has 1 aromatic heterocycles. The summed E-state index contributed by atoms with van der Waals surface area (Å²) in [7, 11) is 0. The molecule has 0 radical (unpaired) electrons. The topological polar surface area (TPSA) is 93.2 Å². The molecule has 7 nitrogen and oxygen atoms in total. The van der Waals surface area contributed by atoms with Crippen LogP contribution < -0.4 is 10.6 Å². The number of amides is 2. The van der Waals surface area contributed by atoms with Gasteiger partial charge in [0.2, 0.25) is 0 Å². The quantitative estimate of drug-likeness (QED) is 0.522. The highest BCUT2D eigenvalue weighted by molar-refractivity contribution is 8.03. The zero-order valence-corrected chi connectivity index (χ0v) is 16.2. The first kappa shape index (κ1) is 19.1. The average Bonchev–Trinajstić information content (AvgIpc) is 3.00. The number of rotatable bonds is 8. The van der Waals surface area contributed by atoms with Crippen molar-refractivity contribution in [3.05, 3.63) is 11.3 Å². The van der Waals surface area contributed by atoms with Gasteiger partial charge >= 0.3 is 12.0 Å². The number of nitrogens with zero attached hydrogens (tertiary/aromatic N) is 2. The summed E-state index contributed by atoms with van der Waals surface area (Å²) in [6.07, 6.45) is 0.617. The molecular weight excluding hydrogens is 368 g/mol. The Kier molecular flexibility index (Phi) is 7.38. The highest BCUT2D eigenvalue weighted by atomic mass is 32.2. The number of ether oxygens (including phenoxy) is 1. The van der Waals surface area contributed by atoms with E-state index in [1.807, 2.05) is 6.92 Å². The van der Waals surface area contributed by atoms with Crippen LogP contribution in [0.5, 0.6) is 0 Å². The summed E-state index contributed by atoms with van der Waals surface area (Å²) in [6, 6.07) is -0.640. The molecule has 1 atom stereocenters. The SMILES string of the molecule is CCOC(=O)C1=C(CSc2nnc(SCC)s2)NC(=O)N[C@H]1CC. The van der Waals surface area contributed by atoms with Gasteiger partial charge < -0.3 is 15.4 Å². The maximum absolute atomic E-state index is 12.3. The van der Waals surface area contributed by atoms with Gasteiger partial charge in [-0.1, -0.05) is 48.7 Å². The van der Waals surface area contributed by atoms with E-state index in [0.717, 1.165) is 14.4 Å². The number of hydrogen-bond acceptors (Lipinski definition) is 8. The molecule has 10 heteroatoms. The molecule has 1 aliphatic heterocycles. The maximum Gasteiger partial charge on any atom is 0.337 e.